The molecule has 146 valence electrons. The van der Waals surface area contributed by atoms with Crippen molar-refractivity contribution in [3.63, 3.8) is 0 Å². The van der Waals surface area contributed by atoms with Gasteiger partial charge in [0.15, 0.2) is 0 Å². The molecule has 1 N–H and O–H groups in total. The lowest BCUT2D eigenvalue weighted by Gasteiger charge is -2.25. The average Bonchev–Trinajstić information content (AvgIpc) is 2.54. The molecule has 1 aliphatic rings. The van der Waals surface area contributed by atoms with Crippen molar-refractivity contribution in [1.29, 1.82) is 0 Å². The Balaban J connectivity index is 2.93. The molecule has 0 bridgehead atoms. The van der Waals surface area contributed by atoms with Gasteiger partial charge in [-0.2, -0.15) is 0 Å². The molecule has 1 heterocycles. The third-order valence-electron chi connectivity index (χ3n) is 4.36. The monoisotopic (exact) mass is 365 g/mol. The fourth-order valence-corrected chi connectivity index (χ4v) is 2.95. The Hall–Kier alpha value is -2.11. The molecule has 0 aliphatic carbocycles. The van der Waals surface area contributed by atoms with Gasteiger partial charge in [-0.1, -0.05) is 25.0 Å². The number of carbonyl (C=O) groups excluding carboxylic acids is 3. The second kappa shape index (κ2) is 11.5. The Morgan fingerprint density at radius 3 is 2.54 bits per heavy atom. The minimum Gasteiger partial charge on any atom is -0.462 e. The number of ether oxygens (including phenoxy) is 2. The SMILES string of the molecule is CC(=O)OCC=C(C)C1NC(=O)CCCCCC(OC(C)=O)C=C[C@@H]1C. The standard InChI is InChI=1S/C20H31NO5/c1-14-10-11-18(26-17(4)23)8-6-5-7-9-19(24)21-20(14)15(2)12-13-25-16(3)22/h10-12,14,18,20H,5-9,13H2,1-4H3,(H,21,24)/t14-,18?,20?/m0/s1. The van der Waals surface area contributed by atoms with E-state index in [-0.39, 0.29) is 42.5 Å². The van der Waals surface area contributed by atoms with Crippen LogP contribution in [0.3, 0.4) is 0 Å². The van der Waals surface area contributed by atoms with Crippen molar-refractivity contribution in [1.82, 2.24) is 5.32 Å². The molecule has 3 atom stereocenters. The summed E-state index contributed by atoms with van der Waals surface area (Å²) in [5.41, 5.74) is 0.929. The molecule has 6 nitrogen and oxygen atoms in total. The molecule has 0 saturated heterocycles. The van der Waals surface area contributed by atoms with Crippen LogP contribution in [-0.4, -0.2) is 36.6 Å². The van der Waals surface area contributed by atoms with E-state index in [9.17, 15) is 14.4 Å². The van der Waals surface area contributed by atoms with Crippen molar-refractivity contribution in [3.8, 4) is 0 Å². The van der Waals surface area contributed by atoms with E-state index in [0.717, 1.165) is 31.3 Å². The molecule has 26 heavy (non-hydrogen) atoms. The third-order valence-corrected chi connectivity index (χ3v) is 4.36. The van der Waals surface area contributed by atoms with E-state index in [1.807, 2.05) is 32.1 Å². The summed E-state index contributed by atoms with van der Waals surface area (Å²) in [6, 6.07) is -0.202. The van der Waals surface area contributed by atoms with Gasteiger partial charge in [-0.3, -0.25) is 14.4 Å². The van der Waals surface area contributed by atoms with Crippen molar-refractivity contribution < 1.29 is 23.9 Å². The molecule has 1 aliphatic heterocycles. The van der Waals surface area contributed by atoms with Gasteiger partial charge in [0.25, 0.3) is 0 Å². The number of esters is 2. The fraction of sp³-hybridized carbons (Fsp3) is 0.650. The molecule has 1 amide bonds. The van der Waals surface area contributed by atoms with E-state index in [0.29, 0.717) is 6.42 Å². The summed E-state index contributed by atoms with van der Waals surface area (Å²) in [6.07, 6.45) is 9.32. The lowest BCUT2D eigenvalue weighted by atomic mass is 9.93. The topological polar surface area (TPSA) is 81.7 Å². The molecular weight excluding hydrogens is 334 g/mol. The number of rotatable bonds is 4. The van der Waals surface area contributed by atoms with E-state index in [1.165, 1.54) is 13.8 Å². The first-order chi connectivity index (χ1) is 12.3. The van der Waals surface area contributed by atoms with Gasteiger partial charge in [0, 0.05) is 20.3 Å². The number of hydrogen-bond acceptors (Lipinski definition) is 5. The largest absolute Gasteiger partial charge is 0.462 e. The summed E-state index contributed by atoms with van der Waals surface area (Å²) >= 11 is 0. The van der Waals surface area contributed by atoms with E-state index >= 15 is 0 Å². The van der Waals surface area contributed by atoms with Crippen LogP contribution in [0.4, 0.5) is 0 Å². The van der Waals surface area contributed by atoms with Gasteiger partial charge in [0.2, 0.25) is 5.91 Å². The quantitative estimate of drug-likeness (QED) is 0.612. The van der Waals surface area contributed by atoms with E-state index in [2.05, 4.69) is 5.32 Å². The Morgan fingerprint density at radius 1 is 1.15 bits per heavy atom. The summed E-state index contributed by atoms with van der Waals surface area (Å²) in [6.45, 7) is 6.87. The number of amides is 1. The van der Waals surface area contributed by atoms with Gasteiger partial charge < -0.3 is 14.8 Å². The molecule has 0 saturated carbocycles. The van der Waals surface area contributed by atoms with Crippen molar-refractivity contribution >= 4 is 17.8 Å². The van der Waals surface area contributed by atoms with Gasteiger partial charge in [-0.25, -0.2) is 0 Å². The van der Waals surface area contributed by atoms with Crippen LogP contribution in [0.15, 0.2) is 23.8 Å². The molecule has 0 aromatic rings. The summed E-state index contributed by atoms with van der Waals surface area (Å²) in [7, 11) is 0. The number of carbonyl (C=O) groups is 3. The predicted octanol–water partition coefficient (Wildman–Crippen LogP) is 3.07. The summed E-state index contributed by atoms with van der Waals surface area (Å²) in [4.78, 5) is 34.5. The Labute approximate surface area is 156 Å². The second-order valence-corrected chi connectivity index (χ2v) is 6.79. The van der Waals surface area contributed by atoms with E-state index < -0.39 is 0 Å². The van der Waals surface area contributed by atoms with Crippen LogP contribution in [0, 0.1) is 5.92 Å². The van der Waals surface area contributed by atoms with Crippen molar-refractivity contribution in [3.05, 3.63) is 23.8 Å². The molecule has 6 heteroatoms. The zero-order valence-electron chi connectivity index (χ0n) is 16.2. The van der Waals surface area contributed by atoms with Crippen LogP contribution in [0.5, 0.6) is 0 Å². The molecule has 0 radical (unpaired) electrons. The van der Waals surface area contributed by atoms with Crippen molar-refractivity contribution in [2.24, 2.45) is 5.92 Å². The van der Waals surface area contributed by atoms with Gasteiger partial charge in [0.05, 0.1) is 6.04 Å². The molecule has 2 unspecified atom stereocenters. The van der Waals surface area contributed by atoms with Gasteiger partial charge in [-0.15, -0.1) is 0 Å². The van der Waals surface area contributed by atoms with Gasteiger partial charge >= 0.3 is 11.9 Å². The summed E-state index contributed by atoms with van der Waals surface area (Å²) in [5.74, 6) is -0.603. The predicted molar refractivity (Wildman–Crippen MR) is 99.3 cm³/mol. The van der Waals surface area contributed by atoms with Crippen molar-refractivity contribution in [2.75, 3.05) is 6.61 Å². The van der Waals surface area contributed by atoms with Crippen LogP contribution in [-0.2, 0) is 23.9 Å². The lowest BCUT2D eigenvalue weighted by Crippen LogP contribution is -2.40. The maximum atomic E-state index is 12.2. The Morgan fingerprint density at radius 2 is 1.88 bits per heavy atom. The number of nitrogens with one attached hydrogen (secondary N) is 1. The van der Waals surface area contributed by atoms with Gasteiger partial charge in [0.1, 0.15) is 12.7 Å². The van der Waals surface area contributed by atoms with Gasteiger partial charge in [-0.05, 0) is 44.3 Å². The van der Waals surface area contributed by atoms with Crippen LogP contribution >= 0.6 is 0 Å². The minimum atomic E-state index is -0.339. The van der Waals surface area contributed by atoms with Crippen LogP contribution in [0.25, 0.3) is 0 Å². The van der Waals surface area contributed by atoms with Crippen LogP contribution < -0.4 is 5.32 Å². The highest BCUT2D eigenvalue weighted by Crippen LogP contribution is 2.18. The highest BCUT2D eigenvalue weighted by Gasteiger charge is 2.21. The van der Waals surface area contributed by atoms with Crippen LogP contribution in [0.2, 0.25) is 0 Å². The minimum absolute atomic E-state index is 0.00464. The first-order valence-corrected chi connectivity index (χ1v) is 9.24. The highest BCUT2D eigenvalue weighted by atomic mass is 16.5. The molecule has 0 aromatic heterocycles. The van der Waals surface area contributed by atoms with E-state index in [4.69, 9.17) is 9.47 Å². The third kappa shape index (κ3) is 8.83. The number of hydrogen-bond donors (Lipinski definition) is 1. The highest BCUT2D eigenvalue weighted by molar-refractivity contribution is 5.76. The molecule has 0 spiro atoms. The fourth-order valence-electron chi connectivity index (χ4n) is 2.95. The maximum absolute atomic E-state index is 12.2. The first-order valence-electron chi connectivity index (χ1n) is 9.24. The summed E-state index contributed by atoms with van der Waals surface area (Å²) < 4.78 is 10.3. The lowest BCUT2D eigenvalue weighted by molar-refractivity contribution is -0.144. The zero-order valence-corrected chi connectivity index (χ0v) is 16.2. The second-order valence-electron chi connectivity index (χ2n) is 6.79. The molecule has 1 rings (SSSR count). The Bertz CT molecular complexity index is 552. The normalized spacial score (nSPS) is 25.5. The first kappa shape index (κ1) is 21.9. The van der Waals surface area contributed by atoms with Crippen LogP contribution in [0.1, 0.15) is 59.8 Å². The summed E-state index contributed by atoms with van der Waals surface area (Å²) in [5, 5.41) is 3.07. The average molecular weight is 365 g/mol. The Kier molecular flexibility index (Phi) is 9.70. The molecular formula is C20H31NO5. The van der Waals surface area contributed by atoms with E-state index in [1.54, 1.807) is 0 Å². The zero-order chi connectivity index (χ0) is 19.5. The van der Waals surface area contributed by atoms with Crippen molar-refractivity contribution in [2.45, 2.75) is 71.9 Å². The maximum Gasteiger partial charge on any atom is 0.303 e. The smallest absolute Gasteiger partial charge is 0.303 e. The molecule has 0 fully saturated rings. The molecule has 0 aromatic carbocycles.